The number of carbonyl (C=O) groups excluding carboxylic acids is 2. The SMILES string of the molecule is O=C(NCc1cc(-c2ccc(F)cc2)ncn1)C1CC(=O)N(c2cccc(Br)c2)C1. The fourth-order valence-electron chi connectivity index (χ4n) is 3.37. The molecular weight excluding hydrogens is 451 g/mol. The summed E-state index contributed by atoms with van der Waals surface area (Å²) in [5, 5.41) is 2.86. The van der Waals surface area contributed by atoms with E-state index in [-0.39, 0.29) is 30.6 Å². The molecule has 3 aromatic rings. The lowest BCUT2D eigenvalue weighted by Crippen LogP contribution is -2.32. The van der Waals surface area contributed by atoms with E-state index in [1.165, 1.54) is 18.5 Å². The van der Waals surface area contributed by atoms with Crippen molar-refractivity contribution in [1.82, 2.24) is 15.3 Å². The molecule has 0 aliphatic carbocycles. The van der Waals surface area contributed by atoms with Crippen LogP contribution < -0.4 is 10.2 Å². The number of nitrogens with one attached hydrogen (secondary N) is 1. The van der Waals surface area contributed by atoms with E-state index in [1.807, 2.05) is 24.3 Å². The quantitative estimate of drug-likeness (QED) is 0.619. The van der Waals surface area contributed by atoms with Crippen molar-refractivity contribution in [2.24, 2.45) is 5.92 Å². The molecule has 0 spiro atoms. The van der Waals surface area contributed by atoms with Crippen LogP contribution in [0, 0.1) is 11.7 Å². The average Bonchev–Trinajstić information content (AvgIpc) is 3.14. The summed E-state index contributed by atoms with van der Waals surface area (Å²) >= 11 is 3.40. The van der Waals surface area contributed by atoms with Crippen molar-refractivity contribution < 1.29 is 14.0 Å². The molecule has 1 aliphatic rings. The first-order valence-electron chi connectivity index (χ1n) is 9.40. The Morgan fingerprint density at radius 1 is 1.17 bits per heavy atom. The molecule has 0 radical (unpaired) electrons. The number of aromatic nitrogens is 2. The van der Waals surface area contributed by atoms with E-state index in [2.05, 4.69) is 31.2 Å². The van der Waals surface area contributed by atoms with Gasteiger partial charge >= 0.3 is 0 Å². The highest BCUT2D eigenvalue weighted by Gasteiger charge is 2.35. The first-order valence-corrected chi connectivity index (χ1v) is 10.2. The standard InChI is InChI=1S/C22H18BrFN4O2/c23-16-2-1-3-19(9-16)28-12-15(8-21(28)29)22(30)25-11-18-10-20(27-13-26-18)14-4-6-17(24)7-5-14/h1-7,9-10,13,15H,8,11-12H2,(H,25,30). The van der Waals surface area contributed by atoms with Crippen molar-refractivity contribution in [2.45, 2.75) is 13.0 Å². The number of nitrogens with zero attached hydrogens (tertiary/aromatic N) is 3. The normalized spacial score (nSPS) is 16.0. The molecule has 2 aromatic carbocycles. The summed E-state index contributed by atoms with van der Waals surface area (Å²) in [4.78, 5) is 35.0. The predicted octanol–water partition coefficient (Wildman–Crippen LogP) is 3.71. The van der Waals surface area contributed by atoms with Gasteiger partial charge in [-0.3, -0.25) is 9.59 Å². The number of hydrogen-bond donors (Lipinski definition) is 1. The predicted molar refractivity (Wildman–Crippen MR) is 114 cm³/mol. The Balaban J connectivity index is 1.39. The third-order valence-corrected chi connectivity index (χ3v) is 5.42. The van der Waals surface area contributed by atoms with E-state index in [4.69, 9.17) is 0 Å². The maximum atomic E-state index is 13.1. The topological polar surface area (TPSA) is 75.2 Å². The monoisotopic (exact) mass is 468 g/mol. The molecule has 1 aliphatic heterocycles. The minimum atomic E-state index is -0.421. The van der Waals surface area contributed by atoms with Crippen LogP contribution in [-0.2, 0) is 16.1 Å². The number of hydrogen-bond acceptors (Lipinski definition) is 4. The molecule has 4 rings (SSSR count). The van der Waals surface area contributed by atoms with Crippen LogP contribution in [0.25, 0.3) is 11.3 Å². The molecule has 1 aromatic heterocycles. The summed E-state index contributed by atoms with van der Waals surface area (Å²) in [5.41, 5.74) is 2.80. The largest absolute Gasteiger partial charge is 0.350 e. The van der Waals surface area contributed by atoms with Crippen LogP contribution in [0.1, 0.15) is 12.1 Å². The first-order chi connectivity index (χ1) is 14.5. The number of carbonyl (C=O) groups is 2. The molecule has 6 nitrogen and oxygen atoms in total. The highest BCUT2D eigenvalue weighted by Crippen LogP contribution is 2.27. The van der Waals surface area contributed by atoms with Gasteiger partial charge in [0.2, 0.25) is 11.8 Å². The molecule has 152 valence electrons. The highest BCUT2D eigenvalue weighted by atomic mass is 79.9. The zero-order valence-corrected chi connectivity index (χ0v) is 17.5. The van der Waals surface area contributed by atoms with Gasteiger partial charge in [-0.15, -0.1) is 0 Å². The summed E-state index contributed by atoms with van der Waals surface area (Å²) in [6.07, 6.45) is 1.58. The maximum Gasteiger partial charge on any atom is 0.227 e. The molecule has 0 bridgehead atoms. The lowest BCUT2D eigenvalue weighted by Gasteiger charge is -2.17. The molecule has 1 unspecified atom stereocenters. The number of amides is 2. The van der Waals surface area contributed by atoms with Gasteiger partial charge in [-0.05, 0) is 48.5 Å². The van der Waals surface area contributed by atoms with E-state index in [0.29, 0.717) is 17.9 Å². The molecule has 2 heterocycles. The lowest BCUT2D eigenvalue weighted by molar-refractivity contribution is -0.126. The minimum absolute atomic E-state index is 0.0751. The number of benzene rings is 2. The second-order valence-corrected chi connectivity index (χ2v) is 7.92. The van der Waals surface area contributed by atoms with Gasteiger partial charge in [0.1, 0.15) is 12.1 Å². The van der Waals surface area contributed by atoms with Crippen LogP contribution in [-0.4, -0.2) is 28.3 Å². The van der Waals surface area contributed by atoms with Gasteiger partial charge in [0.25, 0.3) is 0 Å². The van der Waals surface area contributed by atoms with E-state index >= 15 is 0 Å². The van der Waals surface area contributed by atoms with E-state index in [0.717, 1.165) is 15.7 Å². The van der Waals surface area contributed by atoms with Gasteiger partial charge in [-0.25, -0.2) is 14.4 Å². The Morgan fingerprint density at radius 2 is 1.97 bits per heavy atom. The third-order valence-electron chi connectivity index (χ3n) is 4.92. The molecule has 0 saturated carbocycles. The minimum Gasteiger partial charge on any atom is -0.350 e. The highest BCUT2D eigenvalue weighted by molar-refractivity contribution is 9.10. The van der Waals surface area contributed by atoms with E-state index < -0.39 is 5.92 Å². The summed E-state index contributed by atoms with van der Waals surface area (Å²) in [6, 6.07) is 15.2. The number of anilines is 1. The van der Waals surface area contributed by atoms with Crippen LogP contribution in [0.3, 0.4) is 0 Å². The van der Waals surface area contributed by atoms with Gasteiger partial charge in [0.15, 0.2) is 0 Å². The Labute approximate surface area is 181 Å². The second kappa shape index (κ2) is 8.71. The van der Waals surface area contributed by atoms with Crippen LogP contribution >= 0.6 is 15.9 Å². The molecule has 1 atom stereocenters. The second-order valence-electron chi connectivity index (χ2n) is 7.00. The van der Waals surface area contributed by atoms with Crippen molar-refractivity contribution in [3.05, 3.63) is 76.9 Å². The van der Waals surface area contributed by atoms with Crippen LogP contribution in [0.15, 0.2) is 65.4 Å². The van der Waals surface area contributed by atoms with Gasteiger partial charge in [0.05, 0.1) is 23.9 Å². The molecule has 30 heavy (non-hydrogen) atoms. The van der Waals surface area contributed by atoms with Gasteiger partial charge in [0, 0.05) is 28.7 Å². The van der Waals surface area contributed by atoms with Crippen molar-refractivity contribution in [3.8, 4) is 11.3 Å². The molecule has 8 heteroatoms. The maximum absolute atomic E-state index is 13.1. The Kier molecular flexibility index (Phi) is 5.85. The summed E-state index contributed by atoms with van der Waals surface area (Å²) in [6.45, 7) is 0.558. The number of halogens is 2. The Bertz CT molecular complexity index is 1090. The fourth-order valence-corrected chi connectivity index (χ4v) is 3.76. The summed E-state index contributed by atoms with van der Waals surface area (Å²) in [5.74, 6) is -1.00. The zero-order valence-electron chi connectivity index (χ0n) is 15.9. The molecule has 2 amide bonds. The Morgan fingerprint density at radius 3 is 2.73 bits per heavy atom. The average molecular weight is 469 g/mol. The summed E-state index contributed by atoms with van der Waals surface area (Å²) < 4.78 is 14.0. The van der Waals surface area contributed by atoms with Gasteiger partial charge in [-0.1, -0.05) is 22.0 Å². The molecular formula is C22H18BrFN4O2. The summed E-state index contributed by atoms with van der Waals surface area (Å²) in [7, 11) is 0. The fraction of sp³-hybridized carbons (Fsp3) is 0.182. The van der Waals surface area contributed by atoms with E-state index in [1.54, 1.807) is 23.1 Å². The van der Waals surface area contributed by atoms with Crippen LogP contribution in [0.2, 0.25) is 0 Å². The molecule has 1 saturated heterocycles. The van der Waals surface area contributed by atoms with Crippen molar-refractivity contribution in [1.29, 1.82) is 0 Å². The van der Waals surface area contributed by atoms with Crippen molar-refractivity contribution in [3.63, 3.8) is 0 Å². The molecule has 1 N–H and O–H groups in total. The molecule has 1 fully saturated rings. The Hall–Kier alpha value is -3.13. The van der Waals surface area contributed by atoms with E-state index in [9.17, 15) is 14.0 Å². The smallest absolute Gasteiger partial charge is 0.227 e. The van der Waals surface area contributed by atoms with Crippen molar-refractivity contribution >= 4 is 33.4 Å². The van der Waals surface area contributed by atoms with Gasteiger partial charge < -0.3 is 10.2 Å². The first kappa shape index (κ1) is 20.2. The zero-order chi connectivity index (χ0) is 21.1. The lowest BCUT2D eigenvalue weighted by atomic mass is 10.1. The van der Waals surface area contributed by atoms with Crippen LogP contribution in [0.5, 0.6) is 0 Å². The van der Waals surface area contributed by atoms with Crippen LogP contribution in [0.4, 0.5) is 10.1 Å². The number of rotatable bonds is 5. The third kappa shape index (κ3) is 4.54. The van der Waals surface area contributed by atoms with Gasteiger partial charge in [-0.2, -0.15) is 0 Å². The van der Waals surface area contributed by atoms with Crippen molar-refractivity contribution in [2.75, 3.05) is 11.4 Å².